The number of nitrogens with one attached hydrogen (secondary N) is 1. The van der Waals surface area contributed by atoms with Gasteiger partial charge in [0.25, 0.3) is 5.91 Å². The summed E-state index contributed by atoms with van der Waals surface area (Å²) in [5.74, 6) is 1.89. The van der Waals surface area contributed by atoms with Gasteiger partial charge in [0.15, 0.2) is 22.9 Å². The van der Waals surface area contributed by atoms with Crippen LogP contribution >= 0.6 is 0 Å². The number of aryl methyl sites for hydroxylation is 1. The number of nitrogens with zero attached hydrogens (tertiary/aromatic N) is 2. The molecular weight excluding hydrogens is 370 g/mol. The molecule has 0 aliphatic heterocycles. The normalized spacial score (nSPS) is 10.8. The second-order valence-electron chi connectivity index (χ2n) is 6.45. The van der Waals surface area contributed by atoms with Gasteiger partial charge in [0.1, 0.15) is 5.69 Å². The van der Waals surface area contributed by atoms with E-state index in [-0.39, 0.29) is 5.91 Å². The molecule has 1 aromatic carbocycles. The SMILES string of the molecule is CCOc1cccn2c(C(=O)NCCc3ccc(OC)c(OC)c3)c(CC)nc12. The van der Waals surface area contributed by atoms with Gasteiger partial charge in [-0.3, -0.25) is 9.20 Å². The van der Waals surface area contributed by atoms with Crippen LogP contribution in [-0.2, 0) is 12.8 Å². The van der Waals surface area contributed by atoms with Crippen LogP contribution in [0.3, 0.4) is 0 Å². The number of fused-ring (bicyclic) bond motifs is 1. The van der Waals surface area contributed by atoms with Crippen molar-refractivity contribution in [1.82, 2.24) is 14.7 Å². The zero-order valence-electron chi connectivity index (χ0n) is 17.3. The summed E-state index contributed by atoms with van der Waals surface area (Å²) >= 11 is 0. The number of pyridine rings is 1. The van der Waals surface area contributed by atoms with E-state index < -0.39 is 0 Å². The largest absolute Gasteiger partial charge is 0.493 e. The zero-order chi connectivity index (χ0) is 20.8. The van der Waals surface area contributed by atoms with E-state index in [2.05, 4.69) is 10.3 Å². The van der Waals surface area contributed by atoms with Gasteiger partial charge in [0, 0.05) is 12.7 Å². The molecule has 7 heteroatoms. The van der Waals surface area contributed by atoms with Gasteiger partial charge in [-0.2, -0.15) is 0 Å². The molecule has 1 N–H and O–H groups in total. The highest BCUT2D eigenvalue weighted by Crippen LogP contribution is 2.27. The maximum absolute atomic E-state index is 12.9. The molecule has 0 aliphatic rings. The average molecular weight is 397 g/mol. The number of ether oxygens (including phenoxy) is 3. The number of carbonyl (C=O) groups is 1. The number of hydrogen-bond acceptors (Lipinski definition) is 5. The third kappa shape index (κ3) is 4.29. The van der Waals surface area contributed by atoms with Crippen LogP contribution in [0, 0.1) is 0 Å². The lowest BCUT2D eigenvalue weighted by Crippen LogP contribution is -2.27. The molecule has 3 rings (SSSR count). The van der Waals surface area contributed by atoms with Crippen LogP contribution in [0.4, 0.5) is 0 Å². The van der Waals surface area contributed by atoms with Crippen LogP contribution in [0.25, 0.3) is 5.65 Å². The number of methoxy groups -OCH3 is 2. The predicted molar refractivity (Wildman–Crippen MR) is 111 cm³/mol. The number of aromatic nitrogens is 2. The summed E-state index contributed by atoms with van der Waals surface area (Å²) in [4.78, 5) is 17.6. The third-order valence-electron chi connectivity index (χ3n) is 4.68. The number of rotatable bonds is 9. The van der Waals surface area contributed by atoms with Crippen molar-refractivity contribution < 1.29 is 19.0 Å². The van der Waals surface area contributed by atoms with Gasteiger partial charge in [-0.05, 0) is 49.6 Å². The molecule has 0 saturated carbocycles. The molecule has 0 aliphatic carbocycles. The fourth-order valence-electron chi connectivity index (χ4n) is 3.28. The molecule has 2 aromatic heterocycles. The van der Waals surface area contributed by atoms with Crippen molar-refractivity contribution in [3.63, 3.8) is 0 Å². The molecule has 0 atom stereocenters. The van der Waals surface area contributed by atoms with Crippen LogP contribution in [0.5, 0.6) is 17.2 Å². The first-order valence-corrected chi connectivity index (χ1v) is 9.74. The minimum Gasteiger partial charge on any atom is -0.493 e. The molecule has 0 radical (unpaired) electrons. The van der Waals surface area contributed by atoms with Crippen molar-refractivity contribution in [2.24, 2.45) is 0 Å². The Morgan fingerprint density at radius 3 is 2.59 bits per heavy atom. The lowest BCUT2D eigenvalue weighted by molar-refractivity contribution is 0.0947. The number of hydrogen-bond donors (Lipinski definition) is 1. The van der Waals surface area contributed by atoms with Gasteiger partial charge in [-0.1, -0.05) is 13.0 Å². The summed E-state index contributed by atoms with van der Waals surface area (Å²) in [5, 5.41) is 3.01. The Morgan fingerprint density at radius 1 is 1.10 bits per heavy atom. The number of amides is 1. The summed E-state index contributed by atoms with van der Waals surface area (Å²) < 4.78 is 18.1. The van der Waals surface area contributed by atoms with Crippen molar-refractivity contribution in [2.75, 3.05) is 27.4 Å². The highest BCUT2D eigenvalue weighted by atomic mass is 16.5. The molecule has 29 heavy (non-hydrogen) atoms. The van der Waals surface area contributed by atoms with Crippen LogP contribution in [-0.4, -0.2) is 42.7 Å². The van der Waals surface area contributed by atoms with Gasteiger partial charge >= 0.3 is 0 Å². The van der Waals surface area contributed by atoms with Crippen molar-refractivity contribution in [2.45, 2.75) is 26.7 Å². The van der Waals surface area contributed by atoms with Crippen LogP contribution in [0.1, 0.15) is 35.6 Å². The van der Waals surface area contributed by atoms with Gasteiger partial charge in [-0.25, -0.2) is 4.98 Å². The Kier molecular flexibility index (Phi) is 6.59. The zero-order valence-corrected chi connectivity index (χ0v) is 17.3. The van der Waals surface area contributed by atoms with Crippen molar-refractivity contribution in [3.05, 3.63) is 53.5 Å². The second kappa shape index (κ2) is 9.32. The standard InChI is InChI=1S/C22H27N3O4/c1-5-16-20(25-13-7-8-18(29-6-2)21(25)24-16)22(26)23-12-11-15-9-10-17(27-3)19(14-15)28-4/h7-10,13-14H,5-6,11-12H2,1-4H3,(H,23,26). The quantitative estimate of drug-likeness (QED) is 0.600. The summed E-state index contributed by atoms with van der Waals surface area (Å²) in [6.07, 6.45) is 3.17. The maximum atomic E-state index is 12.9. The molecule has 1 amide bonds. The Morgan fingerprint density at radius 2 is 1.90 bits per heavy atom. The minimum atomic E-state index is -0.150. The fourth-order valence-corrected chi connectivity index (χ4v) is 3.28. The Bertz CT molecular complexity index is 997. The first-order valence-electron chi connectivity index (χ1n) is 9.74. The molecule has 0 saturated heterocycles. The van der Waals surface area contributed by atoms with Crippen LogP contribution < -0.4 is 19.5 Å². The molecular formula is C22H27N3O4. The number of carbonyl (C=O) groups excluding carboxylic acids is 1. The summed E-state index contributed by atoms with van der Waals surface area (Å²) in [5.41, 5.74) is 3.02. The third-order valence-corrected chi connectivity index (χ3v) is 4.68. The molecule has 0 fully saturated rings. The van der Waals surface area contributed by atoms with Crippen molar-refractivity contribution >= 4 is 11.6 Å². The average Bonchev–Trinajstić information content (AvgIpc) is 3.13. The van der Waals surface area contributed by atoms with Crippen LogP contribution in [0.15, 0.2) is 36.5 Å². The van der Waals surface area contributed by atoms with E-state index in [0.29, 0.717) is 54.6 Å². The number of imidazole rings is 1. The van der Waals surface area contributed by atoms with Gasteiger partial charge in [0.05, 0.1) is 26.5 Å². The molecule has 7 nitrogen and oxygen atoms in total. The second-order valence-corrected chi connectivity index (χ2v) is 6.45. The topological polar surface area (TPSA) is 74.1 Å². The Labute approximate surface area is 170 Å². The van der Waals surface area contributed by atoms with Crippen molar-refractivity contribution in [3.8, 4) is 17.2 Å². The highest BCUT2D eigenvalue weighted by molar-refractivity contribution is 5.95. The van der Waals surface area contributed by atoms with E-state index in [1.165, 1.54) is 0 Å². The number of benzene rings is 1. The van der Waals surface area contributed by atoms with E-state index in [4.69, 9.17) is 14.2 Å². The van der Waals surface area contributed by atoms with E-state index in [1.54, 1.807) is 18.6 Å². The monoisotopic (exact) mass is 397 g/mol. The summed E-state index contributed by atoms with van der Waals surface area (Å²) in [6.45, 7) is 4.95. The first-order chi connectivity index (χ1) is 14.1. The molecule has 0 unspecified atom stereocenters. The van der Waals surface area contributed by atoms with E-state index in [1.807, 2.05) is 50.4 Å². The minimum absolute atomic E-state index is 0.150. The maximum Gasteiger partial charge on any atom is 0.270 e. The Balaban J connectivity index is 1.76. The fraction of sp³-hybridized carbons (Fsp3) is 0.364. The molecule has 2 heterocycles. The Hall–Kier alpha value is -3.22. The first kappa shape index (κ1) is 20.5. The van der Waals surface area contributed by atoms with E-state index in [0.717, 1.165) is 11.3 Å². The van der Waals surface area contributed by atoms with Crippen molar-refractivity contribution in [1.29, 1.82) is 0 Å². The van der Waals surface area contributed by atoms with E-state index >= 15 is 0 Å². The lowest BCUT2D eigenvalue weighted by Gasteiger charge is -2.10. The van der Waals surface area contributed by atoms with E-state index in [9.17, 15) is 4.79 Å². The van der Waals surface area contributed by atoms with Gasteiger partial charge < -0.3 is 19.5 Å². The van der Waals surface area contributed by atoms with Crippen LogP contribution in [0.2, 0.25) is 0 Å². The summed E-state index contributed by atoms with van der Waals surface area (Å²) in [6, 6.07) is 9.48. The molecule has 0 spiro atoms. The smallest absolute Gasteiger partial charge is 0.270 e. The highest BCUT2D eigenvalue weighted by Gasteiger charge is 2.20. The van der Waals surface area contributed by atoms with Gasteiger partial charge in [-0.15, -0.1) is 0 Å². The lowest BCUT2D eigenvalue weighted by atomic mass is 10.1. The summed E-state index contributed by atoms with van der Waals surface area (Å²) in [7, 11) is 3.22. The molecule has 0 bridgehead atoms. The van der Waals surface area contributed by atoms with Gasteiger partial charge in [0.2, 0.25) is 0 Å². The predicted octanol–water partition coefficient (Wildman–Crippen LogP) is 3.29. The molecule has 154 valence electrons. The molecule has 3 aromatic rings.